The zero-order chi connectivity index (χ0) is 13.2. The van der Waals surface area contributed by atoms with Gasteiger partial charge in [-0.15, -0.1) is 0 Å². The molecule has 1 aromatic rings. The van der Waals surface area contributed by atoms with Crippen LogP contribution in [-0.2, 0) is 0 Å². The van der Waals surface area contributed by atoms with Gasteiger partial charge in [0.2, 0.25) is 0 Å². The summed E-state index contributed by atoms with van der Waals surface area (Å²) in [5, 5.41) is 0. The summed E-state index contributed by atoms with van der Waals surface area (Å²) in [6.45, 7) is 9.70. The van der Waals surface area contributed by atoms with Gasteiger partial charge in [0.1, 0.15) is 16.5 Å². The van der Waals surface area contributed by atoms with Gasteiger partial charge in [-0.3, -0.25) is 0 Å². The van der Waals surface area contributed by atoms with E-state index in [4.69, 9.17) is 0 Å². The Morgan fingerprint density at radius 3 is 1.67 bits per heavy atom. The maximum Gasteiger partial charge on any atom is 0.146 e. The number of anilines is 1. The number of nitrogens with zero attached hydrogens (tertiary/aromatic N) is 1. The third-order valence-corrected chi connectivity index (χ3v) is 21.0. The third kappa shape index (κ3) is 1.88. The summed E-state index contributed by atoms with van der Waals surface area (Å²) in [7, 11) is -2.29. The molecule has 0 bridgehead atoms. The second-order valence-electron chi connectivity index (χ2n) is 5.71. The second kappa shape index (κ2) is 5.21. The molecule has 1 fully saturated rings. The zero-order valence-corrected chi connectivity index (χ0v) is 14.4. The molecule has 1 aromatic carbocycles. The molecule has 1 heterocycles. The van der Waals surface area contributed by atoms with Crippen LogP contribution in [0.3, 0.4) is 0 Å². The van der Waals surface area contributed by atoms with Gasteiger partial charge in [0.15, 0.2) is 0 Å². The summed E-state index contributed by atoms with van der Waals surface area (Å²) in [4.78, 5) is 0. The van der Waals surface area contributed by atoms with Crippen molar-refractivity contribution >= 4 is 22.2 Å². The van der Waals surface area contributed by atoms with Crippen LogP contribution >= 0.6 is 0 Å². The fourth-order valence-electron chi connectivity index (χ4n) is 3.94. The molecule has 0 aromatic heterocycles. The highest BCUT2D eigenvalue weighted by atomic mass is 28.5. The van der Waals surface area contributed by atoms with E-state index in [0.717, 1.165) is 0 Å². The molecular formula is C15H27NSi2. The summed E-state index contributed by atoms with van der Waals surface area (Å²) in [5.41, 5.74) is 3.17. The average Bonchev–Trinajstić information content (AvgIpc) is 2.41. The minimum Gasteiger partial charge on any atom is -0.424 e. The number of para-hydroxylation sites is 1. The van der Waals surface area contributed by atoms with Crippen molar-refractivity contribution < 1.29 is 0 Å². The first-order valence-electron chi connectivity index (χ1n) is 7.53. The van der Waals surface area contributed by atoms with Gasteiger partial charge in [-0.1, -0.05) is 45.9 Å². The van der Waals surface area contributed by atoms with Gasteiger partial charge in [0.05, 0.1) is 0 Å². The quantitative estimate of drug-likeness (QED) is 0.683. The Labute approximate surface area is 114 Å². The van der Waals surface area contributed by atoms with Gasteiger partial charge in [-0.05, 0) is 42.0 Å². The smallest absolute Gasteiger partial charge is 0.146 e. The molecule has 100 valence electrons. The first-order chi connectivity index (χ1) is 8.68. The minimum atomic E-state index is -1.14. The molecule has 1 saturated heterocycles. The Morgan fingerprint density at radius 2 is 1.28 bits per heavy atom. The largest absolute Gasteiger partial charge is 0.424 e. The predicted octanol–water partition coefficient (Wildman–Crippen LogP) is 5.02. The Kier molecular flexibility index (Phi) is 4.02. The van der Waals surface area contributed by atoms with E-state index in [-0.39, 0.29) is 0 Å². The van der Waals surface area contributed by atoms with E-state index in [1.807, 2.05) is 0 Å². The van der Waals surface area contributed by atoms with E-state index >= 15 is 0 Å². The summed E-state index contributed by atoms with van der Waals surface area (Å²) < 4.78 is 3.01. The molecule has 1 aliphatic heterocycles. The fourth-order valence-corrected chi connectivity index (χ4v) is 23.0. The van der Waals surface area contributed by atoms with Crippen molar-refractivity contribution in [3.63, 3.8) is 0 Å². The van der Waals surface area contributed by atoms with Crippen molar-refractivity contribution in [3.05, 3.63) is 30.3 Å². The van der Waals surface area contributed by atoms with Gasteiger partial charge in [-0.25, -0.2) is 0 Å². The van der Waals surface area contributed by atoms with Crippen molar-refractivity contribution in [2.24, 2.45) is 0 Å². The van der Waals surface area contributed by atoms with Crippen LogP contribution in [0.15, 0.2) is 30.3 Å². The van der Waals surface area contributed by atoms with E-state index < -0.39 is 16.5 Å². The van der Waals surface area contributed by atoms with Gasteiger partial charge >= 0.3 is 0 Å². The van der Waals surface area contributed by atoms with Gasteiger partial charge in [0.25, 0.3) is 0 Å². The standard InChI is InChI=1S/C15H27NSi2/c1-5-17(6-2)14-18(7-3,8-4)16(17)15-12-10-9-11-13-15/h9-13H,5-8,14H2,1-4H3. The van der Waals surface area contributed by atoms with E-state index in [0.29, 0.717) is 0 Å². The third-order valence-electron chi connectivity index (χ3n) is 5.25. The molecule has 0 unspecified atom stereocenters. The lowest BCUT2D eigenvalue weighted by molar-refractivity contribution is 1.04. The van der Waals surface area contributed by atoms with Crippen molar-refractivity contribution in [1.82, 2.24) is 0 Å². The molecule has 0 saturated carbocycles. The molecule has 0 amide bonds. The van der Waals surface area contributed by atoms with Crippen molar-refractivity contribution in [2.75, 3.05) is 4.23 Å². The molecule has 0 atom stereocenters. The van der Waals surface area contributed by atoms with Crippen LogP contribution in [0.25, 0.3) is 0 Å². The number of benzene rings is 1. The lowest BCUT2D eigenvalue weighted by atomic mass is 10.3. The molecular weight excluding hydrogens is 250 g/mol. The molecule has 1 nitrogen and oxygen atoms in total. The van der Waals surface area contributed by atoms with Crippen LogP contribution in [0.4, 0.5) is 5.69 Å². The fraction of sp³-hybridized carbons (Fsp3) is 0.600. The van der Waals surface area contributed by atoms with Crippen LogP contribution < -0.4 is 4.23 Å². The summed E-state index contributed by atoms with van der Waals surface area (Å²) in [5.74, 6) is 0. The highest BCUT2D eigenvalue weighted by Crippen LogP contribution is 2.50. The summed E-state index contributed by atoms with van der Waals surface area (Å²) in [6.07, 6.45) is 0. The van der Waals surface area contributed by atoms with Gasteiger partial charge in [-0.2, -0.15) is 0 Å². The Hall–Kier alpha value is -0.546. The number of hydrogen-bond donors (Lipinski definition) is 0. The first kappa shape index (κ1) is 13.9. The monoisotopic (exact) mass is 277 g/mol. The van der Waals surface area contributed by atoms with Crippen LogP contribution in [-0.4, -0.2) is 16.5 Å². The molecule has 0 aliphatic carbocycles. The Morgan fingerprint density at radius 1 is 0.833 bits per heavy atom. The van der Waals surface area contributed by atoms with Crippen LogP contribution in [0.5, 0.6) is 0 Å². The lowest BCUT2D eigenvalue weighted by Crippen LogP contribution is -2.80. The first-order valence-corrected chi connectivity index (χ1v) is 12.7. The number of hydrogen-bond acceptors (Lipinski definition) is 1. The van der Waals surface area contributed by atoms with Crippen molar-refractivity contribution in [1.29, 1.82) is 0 Å². The van der Waals surface area contributed by atoms with Crippen molar-refractivity contribution in [3.8, 4) is 0 Å². The molecule has 0 radical (unpaired) electrons. The molecule has 0 N–H and O–H groups in total. The maximum atomic E-state index is 3.01. The van der Waals surface area contributed by atoms with Crippen LogP contribution in [0.2, 0.25) is 29.8 Å². The highest BCUT2D eigenvalue weighted by Gasteiger charge is 2.60. The van der Waals surface area contributed by atoms with E-state index in [1.165, 1.54) is 29.9 Å². The average molecular weight is 278 g/mol. The van der Waals surface area contributed by atoms with Crippen LogP contribution in [0.1, 0.15) is 27.7 Å². The molecule has 1 aliphatic rings. The number of rotatable bonds is 5. The zero-order valence-electron chi connectivity index (χ0n) is 12.4. The predicted molar refractivity (Wildman–Crippen MR) is 87.2 cm³/mol. The Bertz CT molecular complexity index is 365. The molecule has 0 spiro atoms. The van der Waals surface area contributed by atoms with E-state index in [9.17, 15) is 0 Å². The summed E-state index contributed by atoms with van der Waals surface area (Å²) >= 11 is 0. The lowest BCUT2D eigenvalue weighted by Gasteiger charge is -2.65. The topological polar surface area (TPSA) is 3.24 Å². The highest BCUT2D eigenvalue weighted by molar-refractivity contribution is 7.18. The molecule has 18 heavy (non-hydrogen) atoms. The van der Waals surface area contributed by atoms with Crippen LogP contribution in [0, 0.1) is 0 Å². The second-order valence-corrected chi connectivity index (χ2v) is 16.2. The SMILES string of the molecule is CC[Si]1(CC)C[Si](CC)(CC)N1c1ccccc1. The van der Waals surface area contributed by atoms with E-state index in [1.54, 1.807) is 5.67 Å². The molecule has 3 heteroatoms. The van der Waals surface area contributed by atoms with Crippen molar-refractivity contribution in [2.45, 2.75) is 57.5 Å². The summed E-state index contributed by atoms with van der Waals surface area (Å²) in [6, 6.07) is 17.0. The van der Waals surface area contributed by atoms with E-state index in [2.05, 4.69) is 62.3 Å². The normalized spacial score (nSPS) is 20.6. The minimum absolute atomic E-state index is 1.14. The Balaban J connectivity index is 2.41. The molecule has 2 rings (SSSR count). The van der Waals surface area contributed by atoms with Gasteiger partial charge in [0, 0.05) is 5.69 Å². The maximum absolute atomic E-state index is 3.01. The van der Waals surface area contributed by atoms with Gasteiger partial charge < -0.3 is 4.23 Å².